The summed E-state index contributed by atoms with van der Waals surface area (Å²) in [6, 6.07) is 9.65. The molecule has 1 N–H and O–H groups in total. The van der Waals surface area contributed by atoms with Crippen LogP contribution in [-0.4, -0.2) is 25.0 Å². The van der Waals surface area contributed by atoms with E-state index in [2.05, 4.69) is 10.6 Å². The van der Waals surface area contributed by atoms with Gasteiger partial charge in [-0.2, -0.15) is 0 Å². The summed E-state index contributed by atoms with van der Waals surface area (Å²) in [6.07, 6.45) is 1.94. The maximum atomic E-state index is 11.8. The van der Waals surface area contributed by atoms with Crippen LogP contribution in [0.4, 0.5) is 0 Å². The molecular weight excluding hydrogens is 188 g/mol. The molecule has 15 heavy (non-hydrogen) atoms. The number of hydrogen-bond donors (Lipinski definition) is 1. The third-order valence-corrected chi connectivity index (χ3v) is 2.64. The van der Waals surface area contributed by atoms with E-state index in [1.807, 2.05) is 30.3 Å². The fraction of sp³-hybridized carbons (Fsp3) is 0.417. The van der Waals surface area contributed by atoms with Gasteiger partial charge in [0.15, 0.2) is 0 Å². The lowest BCUT2D eigenvalue weighted by Crippen LogP contribution is -2.40. The van der Waals surface area contributed by atoms with Crippen molar-refractivity contribution >= 4 is 5.91 Å². The molecule has 0 atom stereocenters. The van der Waals surface area contributed by atoms with Crippen molar-refractivity contribution in [3.05, 3.63) is 35.9 Å². The Labute approximate surface area is 89.9 Å². The van der Waals surface area contributed by atoms with Crippen LogP contribution >= 0.6 is 0 Å². The second kappa shape index (κ2) is 4.94. The molecule has 0 aromatic heterocycles. The fourth-order valence-electron chi connectivity index (χ4n) is 1.75. The number of nitrogens with zero attached hydrogens (tertiary/aromatic N) is 1. The molecule has 1 aromatic carbocycles. The van der Waals surface area contributed by atoms with Gasteiger partial charge in [0.05, 0.1) is 0 Å². The number of nitrogens with one attached hydrogen (secondary N) is 1. The second-order valence-corrected chi connectivity index (χ2v) is 3.78. The first-order chi connectivity index (χ1) is 7.36. The molecule has 1 heterocycles. The lowest BCUT2D eigenvalue weighted by atomic mass is 10.1. The Morgan fingerprint density at radius 1 is 1.20 bits per heavy atom. The average Bonchev–Trinajstić information content (AvgIpc) is 2.31. The van der Waals surface area contributed by atoms with Crippen LogP contribution in [0.5, 0.6) is 0 Å². The van der Waals surface area contributed by atoms with Gasteiger partial charge in [0.25, 0.3) is 5.91 Å². The lowest BCUT2D eigenvalue weighted by Gasteiger charge is -2.22. The van der Waals surface area contributed by atoms with Crippen molar-refractivity contribution in [3.8, 4) is 0 Å². The molecule has 1 aliphatic rings. The summed E-state index contributed by atoms with van der Waals surface area (Å²) in [6.45, 7) is 1.75. The zero-order chi connectivity index (χ0) is 10.5. The topological polar surface area (TPSA) is 43.2 Å². The molecule has 1 amide bonds. The largest absolute Gasteiger partial charge is 0.349 e. The molecule has 1 radical (unpaired) electrons. The van der Waals surface area contributed by atoms with Crippen molar-refractivity contribution in [2.24, 2.45) is 0 Å². The number of amides is 1. The van der Waals surface area contributed by atoms with E-state index in [0.29, 0.717) is 6.04 Å². The normalized spacial score (nSPS) is 17.3. The minimum atomic E-state index is 0.0301. The van der Waals surface area contributed by atoms with Gasteiger partial charge in [-0.05, 0) is 25.0 Å². The molecule has 3 heteroatoms. The molecule has 0 spiro atoms. The lowest BCUT2D eigenvalue weighted by molar-refractivity contribution is 0.0929. The van der Waals surface area contributed by atoms with E-state index in [1.165, 1.54) is 0 Å². The highest BCUT2D eigenvalue weighted by molar-refractivity contribution is 5.94. The summed E-state index contributed by atoms with van der Waals surface area (Å²) in [7, 11) is 0. The van der Waals surface area contributed by atoms with E-state index in [-0.39, 0.29) is 5.91 Å². The molecular formula is C12H15N2O. The average molecular weight is 203 g/mol. The van der Waals surface area contributed by atoms with E-state index in [4.69, 9.17) is 0 Å². The van der Waals surface area contributed by atoms with Crippen LogP contribution < -0.4 is 10.6 Å². The number of hydrogen-bond acceptors (Lipinski definition) is 1. The van der Waals surface area contributed by atoms with Crippen molar-refractivity contribution in [2.75, 3.05) is 13.1 Å². The molecule has 0 saturated carbocycles. The number of carbonyl (C=O) groups is 1. The SMILES string of the molecule is O=C(NC1CC[N]CC1)c1ccccc1. The second-order valence-electron chi connectivity index (χ2n) is 3.78. The highest BCUT2D eigenvalue weighted by Gasteiger charge is 2.16. The predicted molar refractivity (Wildman–Crippen MR) is 58.8 cm³/mol. The summed E-state index contributed by atoms with van der Waals surface area (Å²) in [5, 5.41) is 7.29. The van der Waals surface area contributed by atoms with Gasteiger partial charge in [0.1, 0.15) is 0 Å². The van der Waals surface area contributed by atoms with Crippen LogP contribution in [0.2, 0.25) is 0 Å². The third kappa shape index (κ3) is 2.80. The van der Waals surface area contributed by atoms with Crippen LogP contribution in [-0.2, 0) is 0 Å². The van der Waals surface area contributed by atoms with Gasteiger partial charge in [-0.15, -0.1) is 0 Å². The van der Waals surface area contributed by atoms with Gasteiger partial charge >= 0.3 is 0 Å². The third-order valence-electron chi connectivity index (χ3n) is 2.64. The standard InChI is InChI=1S/C12H15N2O/c15-12(10-4-2-1-3-5-10)14-11-6-8-13-9-7-11/h1-5,11H,6-9H2,(H,14,15). The Bertz CT molecular complexity index is 318. The van der Waals surface area contributed by atoms with Gasteiger partial charge in [0, 0.05) is 24.7 Å². The quantitative estimate of drug-likeness (QED) is 0.770. The van der Waals surface area contributed by atoms with Gasteiger partial charge in [-0.1, -0.05) is 18.2 Å². The van der Waals surface area contributed by atoms with E-state index in [0.717, 1.165) is 31.5 Å². The smallest absolute Gasteiger partial charge is 0.251 e. The molecule has 1 fully saturated rings. The molecule has 1 aliphatic heterocycles. The molecule has 2 rings (SSSR count). The van der Waals surface area contributed by atoms with Gasteiger partial charge in [-0.25, -0.2) is 5.32 Å². The number of rotatable bonds is 2. The highest BCUT2D eigenvalue weighted by atomic mass is 16.1. The number of carbonyl (C=O) groups excluding carboxylic acids is 1. The van der Waals surface area contributed by atoms with E-state index >= 15 is 0 Å². The van der Waals surface area contributed by atoms with Crippen LogP contribution in [0, 0.1) is 0 Å². The monoisotopic (exact) mass is 203 g/mol. The predicted octanol–water partition coefficient (Wildman–Crippen LogP) is 1.18. The van der Waals surface area contributed by atoms with Gasteiger partial charge < -0.3 is 5.32 Å². The van der Waals surface area contributed by atoms with E-state index in [9.17, 15) is 4.79 Å². The summed E-state index contributed by atoms with van der Waals surface area (Å²) in [5.41, 5.74) is 0.736. The minimum Gasteiger partial charge on any atom is -0.349 e. The van der Waals surface area contributed by atoms with Gasteiger partial charge in [-0.3, -0.25) is 4.79 Å². The zero-order valence-electron chi connectivity index (χ0n) is 8.65. The first-order valence-electron chi connectivity index (χ1n) is 5.35. The summed E-state index contributed by atoms with van der Waals surface area (Å²) >= 11 is 0. The Morgan fingerprint density at radius 3 is 2.53 bits per heavy atom. The van der Waals surface area contributed by atoms with E-state index < -0.39 is 0 Å². The van der Waals surface area contributed by atoms with Crippen molar-refractivity contribution in [1.29, 1.82) is 0 Å². The number of piperidine rings is 1. The van der Waals surface area contributed by atoms with Crippen LogP contribution in [0.1, 0.15) is 23.2 Å². The van der Waals surface area contributed by atoms with Crippen molar-refractivity contribution in [2.45, 2.75) is 18.9 Å². The molecule has 1 aromatic rings. The summed E-state index contributed by atoms with van der Waals surface area (Å²) < 4.78 is 0. The van der Waals surface area contributed by atoms with Crippen LogP contribution in [0.15, 0.2) is 30.3 Å². The maximum absolute atomic E-state index is 11.8. The molecule has 79 valence electrons. The Morgan fingerprint density at radius 2 is 1.87 bits per heavy atom. The summed E-state index contributed by atoms with van der Waals surface area (Å²) in [4.78, 5) is 11.8. The zero-order valence-corrected chi connectivity index (χ0v) is 8.65. The molecule has 0 unspecified atom stereocenters. The molecule has 3 nitrogen and oxygen atoms in total. The first kappa shape index (κ1) is 10.2. The first-order valence-corrected chi connectivity index (χ1v) is 5.35. The highest BCUT2D eigenvalue weighted by Crippen LogP contribution is 2.05. The van der Waals surface area contributed by atoms with Gasteiger partial charge in [0.2, 0.25) is 0 Å². The summed E-state index contributed by atoms with van der Waals surface area (Å²) in [5.74, 6) is 0.0301. The van der Waals surface area contributed by atoms with Crippen molar-refractivity contribution in [1.82, 2.24) is 10.6 Å². The fourth-order valence-corrected chi connectivity index (χ4v) is 1.75. The molecule has 1 saturated heterocycles. The molecule has 0 aliphatic carbocycles. The number of benzene rings is 1. The Hall–Kier alpha value is -1.35. The Kier molecular flexibility index (Phi) is 3.35. The van der Waals surface area contributed by atoms with Crippen molar-refractivity contribution in [3.63, 3.8) is 0 Å². The van der Waals surface area contributed by atoms with E-state index in [1.54, 1.807) is 0 Å². The van der Waals surface area contributed by atoms with Crippen molar-refractivity contribution < 1.29 is 4.79 Å². The molecule has 0 bridgehead atoms. The maximum Gasteiger partial charge on any atom is 0.251 e. The minimum absolute atomic E-state index is 0.0301. The Balaban J connectivity index is 1.91. The van der Waals surface area contributed by atoms with Crippen LogP contribution in [0.3, 0.4) is 0 Å². The van der Waals surface area contributed by atoms with Crippen LogP contribution in [0.25, 0.3) is 0 Å².